The first-order chi connectivity index (χ1) is 13.2. The maximum Gasteiger partial charge on any atom is 0.253 e. The normalized spacial score (nSPS) is 33.9. The summed E-state index contributed by atoms with van der Waals surface area (Å²) in [5.41, 5.74) is 5.07. The average molecular weight is 411 g/mol. The number of nitrogens with zero attached hydrogens (tertiary/aromatic N) is 1. The summed E-state index contributed by atoms with van der Waals surface area (Å²) < 4.78 is 49.9. The van der Waals surface area contributed by atoms with Gasteiger partial charge in [-0.25, -0.2) is 12.8 Å². The van der Waals surface area contributed by atoms with Gasteiger partial charge in [0.25, 0.3) is 5.91 Å². The van der Waals surface area contributed by atoms with E-state index in [4.69, 9.17) is 15.2 Å². The highest BCUT2D eigenvalue weighted by Crippen LogP contribution is 2.41. The number of amides is 1. The Morgan fingerprint density at radius 1 is 1.39 bits per heavy atom. The zero-order chi connectivity index (χ0) is 20.2. The number of ether oxygens (including phenoxy) is 2. The lowest BCUT2D eigenvalue weighted by atomic mass is 9.92. The number of hydrogen-bond acceptors (Lipinski definition) is 7. The second-order valence-electron chi connectivity index (χ2n) is 7.66. The van der Waals surface area contributed by atoms with Crippen molar-refractivity contribution in [3.8, 4) is 0 Å². The summed E-state index contributed by atoms with van der Waals surface area (Å²) in [6.07, 6.45) is 0.344. The molecule has 1 aromatic rings. The Morgan fingerprint density at radius 2 is 2.14 bits per heavy atom. The number of sulfone groups is 1. The van der Waals surface area contributed by atoms with E-state index in [1.807, 2.05) is 0 Å². The topological polar surface area (TPSA) is 120 Å². The fraction of sp³-hybridized carbons (Fsp3) is 0.556. The number of hydrogen-bond donors (Lipinski definition) is 2. The number of anilines is 1. The Morgan fingerprint density at radius 3 is 2.71 bits per heavy atom. The van der Waals surface area contributed by atoms with Gasteiger partial charge in [0.2, 0.25) is 0 Å². The van der Waals surface area contributed by atoms with Gasteiger partial charge in [-0.05, 0) is 31.5 Å². The number of carbonyl (C=O) groups is 1. The van der Waals surface area contributed by atoms with Crippen molar-refractivity contribution in [2.24, 2.45) is 10.7 Å². The minimum atomic E-state index is -3.74. The number of benzene rings is 1. The first-order valence-electron chi connectivity index (χ1n) is 9.05. The predicted octanol–water partition coefficient (Wildman–Crippen LogP) is 0.713. The summed E-state index contributed by atoms with van der Waals surface area (Å²) in [7, 11) is -3.74. The van der Waals surface area contributed by atoms with E-state index in [1.54, 1.807) is 0 Å². The summed E-state index contributed by atoms with van der Waals surface area (Å²) >= 11 is 0. The minimum absolute atomic E-state index is 0.0410. The SMILES string of the molecule is C[C@@]1(c2cc(NC(=O)C3CCO3)ccc2F)CS(=O)(=O)C2(CCOC2)C(N)=N1. The standard InChI is InChI=1S/C18H22FN3O5S/c1-17(10-28(24,25)18(16(20)22-17)5-7-26-9-18)12-8-11(2-3-13(12)19)21-15(23)14-4-6-27-14/h2-3,8,14H,4-7,9-10H2,1H3,(H2,20,22)(H,21,23)/t14?,17-,18?/m0/s1. The lowest BCUT2D eigenvalue weighted by Crippen LogP contribution is -2.58. The van der Waals surface area contributed by atoms with Crippen molar-refractivity contribution >= 4 is 27.3 Å². The third-order valence-corrected chi connectivity index (χ3v) is 8.36. The largest absolute Gasteiger partial charge is 0.386 e. The van der Waals surface area contributed by atoms with E-state index >= 15 is 0 Å². The molecule has 28 heavy (non-hydrogen) atoms. The molecule has 1 spiro atoms. The van der Waals surface area contributed by atoms with Crippen molar-refractivity contribution < 1.29 is 27.1 Å². The third-order valence-electron chi connectivity index (χ3n) is 5.69. The number of halogens is 1. The van der Waals surface area contributed by atoms with Gasteiger partial charge in [-0.3, -0.25) is 9.79 Å². The van der Waals surface area contributed by atoms with Gasteiger partial charge in [0.1, 0.15) is 23.3 Å². The summed E-state index contributed by atoms with van der Waals surface area (Å²) in [4.78, 5) is 16.5. The predicted molar refractivity (Wildman–Crippen MR) is 100 cm³/mol. The van der Waals surface area contributed by atoms with Crippen LogP contribution in [0, 0.1) is 5.82 Å². The highest BCUT2D eigenvalue weighted by molar-refractivity contribution is 7.93. The van der Waals surface area contributed by atoms with Gasteiger partial charge in [-0.2, -0.15) is 0 Å². The number of nitrogens with one attached hydrogen (secondary N) is 1. The zero-order valence-corrected chi connectivity index (χ0v) is 16.2. The van der Waals surface area contributed by atoms with Crippen LogP contribution in [0.5, 0.6) is 0 Å². The van der Waals surface area contributed by atoms with E-state index in [9.17, 15) is 17.6 Å². The smallest absolute Gasteiger partial charge is 0.253 e. The molecule has 152 valence electrons. The van der Waals surface area contributed by atoms with Crippen LogP contribution in [-0.2, 0) is 29.6 Å². The van der Waals surface area contributed by atoms with E-state index in [1.165, 1.54) is 25.1 Å². The molecule has 3 atom stereocenters. The first-order valence-corrected chi connectivity index (χ1v) is 10.7. The van der Waals surface area contributed by atoms with E-state index < -0.39 is 37.8 Å². The van der Waals surface area contributed by atoms with Crippen molar-refractivity contribution in [1.29, 1.82) is 0 Å². The molecule has 0 saturated carbocycles. The van der Waals surface area contributed by atoms with Gasteiger partial charge in [0.15, 0.2) is 14.6 Å². The molecule has 2 saturated heterocycles. The molecular formula is C18H22FN3O5S. The number of aliphatic imine (C=N–C) groups is 1. The number of nitrogens with two attached hydrogens (primary N) is 1. The molecule has 1 aromatic carbocycles. The quantitative estimate of drug-likeness (QED) is 0.756. The van der Waals surface area contributed by atoms with Crippen LogP contribution >= 0.6 is 0 Å². The van der Waals surface area contributed by atoms with Crippen LogP contribution in [-0.4, -0.2) is 56.6 Å². The van der Waals surface area contributed by atoms with Crippen molar-refractivity contribution in [2.45, 2.75) is 36.2 Å². The molecule has 2 fully saturated rings. The van der Waals surface area contributed by atoms with Gasteiger partial charge >= 0.3 is 0 Å². The van der Waals surface area contributed by atoms with Gasteiger partial charge in [0.05, 0.1) is 19.0 Å². The Hall–Kier alpha value is -2.04. The second-order valence-corrected chi connectivity index (χ2v) is 9.96. The van der Waals surface area contributed by atoms with Crippen molar-refractivity contribution in [2.75, 3.05) is 30.9 Å². The molecule has 3 heterocycles. The van der Waals surface area contributed by atoms with E-state index in [-0.39, 0.29) is 36.9 Å². The highest BCUT2D eigenvalue weighted by Gasteiger charge is 2.57. The number of rotatable bonds is 3. The van der Waals surface area contributed by atoms with E-state index in [0.717, 1.165) is 0 Å². The molecule has 4 rings (SSSR count). The van der Waals surface area contributed by atoms with Crippen LogP contribution in [0.1, 0.15) is 25.3 Å². The molecule has 1 amide bonds. The number of carbonyl (C=O) groups excluding carboxylic acids is 1. The Bertz CT molecular complexity index is 954. The molecule has 3 aliphatic rings. The van der Waals surface area contributed by atoms with Gasteiger partial charge in [-0.15, -0.1) is 0 Å². The average Bonchev–Trinajstić information content (AvgIpc) is 3.04. The molecule has 8 nitrogen and oxygen atoms in total. The van der Waals surface area contributed by atoms with Crippen LogP contribution in [0.15, 0.2) is 23.2 Å². The lowest BCUT2D eigenvalue weighted by Gasteiger charge is -2.39. The van der Waals surface area contributed by atoms with Crippen LogP contribution in [0.25, 0.3) is 0 Å². The molecule has 2 unspecified atom stereocenters. The molecule has 3 aliphatic heterocycles. The first kappa shape index (κ1) is 19.3. The maximum absolute atomic E-state index is 14.7. The Balaban J connectivity index is 1.70. The highest BCUT2D eigenvalue weighted by atomic mass is 32.2. The van der Waals surface area contributed by atoms with Crippen LogP contribution in [0.4, 0.5) is 10.1 Å². The Labute approximate surface area is 162 Å². The molecular weight excluding hydrogens is 389 g/mol. The number of amidine groups is 1. The van der Waals surface area contributed by atoms with Crippen molar-refractivity contribution in [3.05, 3.63) is 29.6 Å². The molecule has 0 aromatic heterocycles. The van der Waals surface area contributed by atoms with Crippen LogP contribution in [0.3, 0.4) is 0 Å². The van der Waals surface area contributed by atoms with Gasteiger partial charge < -0.3 is 20.5 Å². The third kappa shape index (κ3) is 2.90. The van der Waals surface area contributed by atoms with Crippen LogP contribution < -0.4 is 11.1 Å². The summed E-state index contributed by atoms with van der Waals surface area (Å²) in [5, 5.41) is 2.67. The van der Waals surface area contributed by atoms with Crippen LogP contribution in [0.2, 0.25) is 0 Å². The fourth-order valence-corrected chi connectivity index (χ4v) is 6.14. The van der Waals surface area contributed by atoms with Gasteiger partial charge in [0, 0.05) is 24.3 Å². The van der Waals surface area contributed by atoms with E-state index in [2.05, 4.69) is 10.3 Å². The monoisotopic (exact) mass is 411 g/mol. The van der Waals surface area contributed by atoms with Crippen molar-refractivity contribution in [1.82, 2.24) is 0 Å². The lowest BCUT2D eigenvalue weighted by molar-refractivity contribution is -0.139. The molecule has 3 N–H and O–H groups in total. The zero-order valence-electron chi connectivity index (χ0n) is 15.4. The minimum Gasteiger partial charge on any atom is -0.386 e. The Kier molecular flexibility index (Phi) is 4.48. The molecule has 10 heteroatoms. The summed E-state index contributed by atoms with van der Waals surface area (Å²) in [5.74, 6) is -1.40. The molecule has 0 radical (unpaired) electrons. The maximum atomic E-state index is 14.7. The fourth-order valence-electron chi connectivity index (χ4n) is 3.88. The van der Waals surface area contributed by atoms with Gasteiger partial charge in [-0.1, -0.05) is 0 Å². The molecule has 0 aliphatic carbocycles. The van der Waals surface area contributed by atoms with Crippen molar-refractivity contribution in [3.63, 3.8) is 0 Å². The second kappa shape index (κ2) is 6.50. The molecule has 0 bridgehead atoms. The summed E-state index contributed by atoms with van der Waals surface area (Å²) in [6.45, 7) is 2.30. The van der Waals surface area contributed by atoms with E-state index in [0.29, 0.717) is 18.7 Å². The summed E-state index contributed by atoms with van der Waals surface area (Å²) in [6, 6.07) is 4.00.